The van der Waals surface area contributed by atoms with Gasteiger partial charge in [-0.3, -0.25) is 0 Å². The smallest absolute Gasteiger partial charge is 0.170 e. The topological polar surface area (TPSA) is 47.9 Å². The minimum absolute atomic E-state index is 0.0124. The van der Waals surface area contributed by atoms with Crippen LogP contribution in [0.15, 0.2) is 24.3 Å². The molecule has 2 atom stereocenters. The van der Waals surface area contributed by atoms with E-state index in [4.69, 9.17) is 19.3 Å². The summed E-state index contributed by atoms with van der Waals surface area (Å²) in [5.74, 6) is 0.149. The number of aliphatic hydroxyl groups is 1. The molecule has 0 aromatic heterocycles. The third-order valence-corrected chi connectivity index (χ3v) is 2.90. The lowest BCUT2D eigenvalue weighted by Gasteiger charge is -2.24. The summed E-state index contributed by atoms with van der Waals surface area (Å²) in [4.78, 5) is 0. The van der Waals surface area contributed by atoms with Gasteiger partial charge < -0.3 is 19.3 Å². The van der Waals surface area contributed by atoms with Gasteiger partial charge in [-0.1, -0.05) is 18.2 Å². The highest BCUT2D eigenvalue weighted by atomic mass is 16.7. The molecular formula is C13H18O4. The van der Waals surface area contributed by atoms with E-state index in [1.807, 2.05) is 31.2 Å². The Morgan fingerprint density at radius 1 is 1.47 bits per heavy atom. The molecule has 0 aliphatic carbocycles. The highest BCUT2D eigenvalue weighted by molar-refractivity contribution is 5.34. The maximum absolute atomic E-state index is 9.04. The summed E-state index contributed by atoms with van der Waals surface area (Å²) >= 11 is 0. The van der Waals surface area contributed by atoms with Crippen LogP contribution >= 0.6 is 0 Å². The minimum Gasteiger partial charge on any atom is -0.496 e. The van der Waals surface area contributed by atoms with Gasteiger partial charge in [-0.05, 0) is 18.6 Å². The highest BCUT2D eigenvalue weighted by Gasteiger charge is 2.37. The van der Waals surface area contributed by atoms with E-state index in [9.17, 15) is 0 Å². The molecule has 1 heterocycles. The second-order valence-electron chi connectivity index (χ2n) is 4.36. The second kappa shape index (κ2) is 5.04. The van der Waals surface area contributed by atoms with E-state index in [1.165, 1.54) is 0 Å². The molecule has 2 rings (SSSR count). The van der Waals surface area contributed by atoms with Crippen molar-refractivity contribution >= 4 is 0 Å². The Hall–Kier alpha value is -1.10. The van der Waals surface area contributed by atoms with E-state index in [2.05, 4.69) is 0 Å². The van der Waals surface area contributed by atoms with Crippen molar-refractivity contribution in [3.8, 4) is 5.75 Å². The molecule has 1 aromatic carbocycles. The Morgan fingerprint density at radius 2 is 2.24 bits per heavy atom. The molecule has 1 N–H and O–H groups in total. The molecule has 1 aliphatic rings. The summed E-state index contributed by atoms with van der Waals surface area (Å²) < 4.78 is 16.6. The molecule has 1 aromatic rings. The standard InChI is InChI=1S/C13H18O4/c1-13(16-9-11(8-14)17-13)7-10-5-3-4-6-12(10)15-2/h3-6,11,14H,7-9H2,1-2H3. The summed E-state index contributed by atoms with van der Waals surface area (Å²) in [6, 6.07) is 7.79. The Balaban J connectivity index is 2.10. The van der Waals surface area contributed by atoms with E-state index in [0.717, 1.165) is 11.3 Å². The summed E-state index contributed by atoms with van der Waals surface area (Å²) in [5, 5.41) is 9.04. The molecule has 1 saturated heterocycles. The normalized spacial score (nSPS) is 28.3. The first-order chi connectivity index (χ1) is 8.17. The van der Waals surface area contributed by atoms with Gasteiger partial charge in [0.1, 0.15) is 11.9 Å². The van der Waals surface area contributed by atoms with Crippen molar-refractivity contribution in [1.29, 1.82) is 0 Å². The van der Waals surface area contributed by atoms with Gasteiger partial charge in [-0.15, -0.1) is 0 Å². The summed E-state index contributed by atoms with van der Waals surface area (Å²) in [5.41, 5.74) is 1.04. The molecule has 17 heavy (non-hydrogen) atoms. The van der Waals surface area contributed by atoms with E-state index in [-0.39, 0.29) is 12.7 Å². The average Bonchev–Trinajstić information content (AvgIpc) is 2.72. The Morgan fingerprint density at radius 3 is 2.88 bits per heavy atom. The van der Waals surface area contributed by atoms with Crippen molar-refractivity contribution in [2.75, 3.05) is 20.3 Å². The molecule has 1 fully saturated rings. The first-order valence-electron chi connectivity index (χ1n) is 5.71. The number of ether oxygens (including phenoxy) is 3. The van der Waals surface area contributed by atoms with Crippen LogP contribution in [0, 0.1) is 0 Å². The molecule has 0 radical (unpaired) electrons. The third-order valence-electron chi connectivity index (χ3n) is 2.90. The van der Waals surface area contributed by atoms with Crippen molar-refractivity contribution < 1.29 is 19.3 Å². The van der Waals surface area contributed by atoms with Crippen molar-refractivity contribution in [1.82, 2.24) is 0 Å². The zero-order valence-electron chi connectivity index (χ0n) is 10.2. The van der Waals surface area contributed by atoms with Crippen LogP contribution in [0.1, 0.15) is 12.5 Å². The molecule has 0 amide bonds. The summed E-state index contributed by atoms with van der Waals surface area (Å²) in [6.07, 6.45) is 0.378. The van der Waals surface area contributed by atoms with Crippen LogP contribution in [-0.2, 0) is 15.9 Å². The number of aliphatic hydroxyl groups excluding tert-OH is 1. The molecule has 2 unspecified atom stereocenters. The van der Waals surface area contributed by atoms with Crippen LogP contribution in [0.5, 0.6) is 5.75 Å². The van der Waals surface area contributed by atoms with Crippen molar-refractivity contribution in [3.63, 3.8) is 0 Å². The fourth-order valence-corrected chi connectivity index (χ4v) is 2.07. The van der Waals surface area contributed by atoms with Gasteiger partial charge in [0.05, 0.1) is 20.3 Å². The minimum atomic E-state index is -0.679. The summed E-state index contributed by atoms with van der Waals surface area (Å²) in [6.45, 7) is 2.30. The molecule has 4 nitrogen and oxygen atoms in total. The molecule has 1 aliphatic heterocycles. The lowest BCUT2D eigenvalue weighted by Crippen LogP contribution is -2.30. The molecule has 0 spiro atoms. The van der Waals surface area contributed by atoms with Crippen molar-refractivity contribution in [2.24, 2.45) is 0 Å². The fourth-order valence-electron chi connectivity index (χ4n) is 2.07. The number of hydrogen-bond donors (Lipinski definition) is 1. The Bertz CT molecular complexity index is 379. The molecule has 0 bridgehead atoms. The van der Waals surface area contributed by atoms with Crippen molar-refractivity contribution in [3.05, 3.63) is 29.8 Å². The van der Waals surface area contributed by atoms with E-state index in [0.29, 0.717) is 13.0 Å². The molecular weight excluding hydrogens is 220 g/mol. The van der Waals surface area contributed by atoms with Crippen LogP contribution in [-0.4, -0.2) is 37.3 Å². The van der Waals surface area contributed by atoms with Crippen molar-refractivity contribution in [2.45, 2.75) is 25.2 Å². The summed E-state index contributed by atoms with van der Waals surface area (Å²) in [7, 11) is 1.65. The van der Waals surface area contributed by atoms with Gasteiger partial charge in [0.25, 0.3) is 0 Å². The van der Waals surface area contributed by atoms with Gasteiger partial charge in [-0.25, -0.2) is 0 Å². The first-order valence-corrected chi connectivity index (χ1v) is 5.71. The van der Waals surface area contributed by atoms with Gasteiger partial charge >= 0.3 is 0 Å². The van der Waals surface area contributed by atoms with Gasteiger partial charge in [0, 0.05) is 6.42 Å². The lowest BCUT2D eigenvalue weighted by atomic mass is 10.1. The number of benzene rings is 1. The number of hydrogen-bond acceptors (Lipinski definition) is 4. The predicted octanol–water partition coefficient (Wildman–Crippen LogP) is 1.36. The zero-order valence-corrected chi connectivity index (χ0v) is 10.2. The van der Waals surface area contributed by atoms with Crippen LogP contribution in [0.25, 0.3) is 0 Å². The van der Waals surface area contributed by atoms with Crippen LogP contribution < -0.4 is 4.74 Å². The van der Waals surface area contributed by atoms with E-state index >= 15 is 0 Å². The third kappa shape index (κ3) is 2.77. The Kier molecular flexibility index (Phi) is 3.66. The molecule has 94 valence electrons. The molecule has 4 heteroatoms. The number of rotatable bonds is 4. The van der Waals surface area contributed by atoms with Crippen LogP contribution in [0.2, 0.25) is 0 Å². The van der Waals surface area contributed by atoms with E-state index in [1.54, 1.807) is 7.11 Å². The van der Waals surface area contributed by atoms with Crippen LogP contribution in [0.3, 0.4) is 0 Å². The Labute approximate surface area is 101 Å². The monoisotopic (exact) mass is 238 g/mol. The zero-order chi connectivity index (χ0) is 12.3. The number of para-hydroxylation sites is 1. The first kappa shape index (κ1) is 12.4. The van der Waals surface area contributed by atoms with Gasteiger partial charge in [0.2, 0.25) is 0 Å². The fraction of sp³-hybridized carbons (Fsp3) is 0.538. The van der Waals surface area contributed by atoms with Gasteiger partial charge in [0.15, 0.2) is 5.79 Å². The SMILES string of the molecule is COc1ccccc1CC1(C)OCC(CO)O1. The average molecular weight is 238 g/mol. The van der Waals surface area contributed by atoms with Gasteiger partial charge in [-0.2, -0.15) is 0 Å². The van der Waals surface area contributed by atoms with Crippen LogP contribution in [0.4, 0.5) is 0 Å². The quantitative estimate of drug-likeness (QED) is 0.860. The largest absolute Gasteiger partial charge is 0.496 e. The lowest BCUT2D eigenvalue weighted by molar-refractivity contribution is -0.156. The highest BCUT2D eigenvalue weighted by Crippen LogP contribution is 2.30. The maximum atomic E-state index is 9.04. The predicted molar refractivity (Wildman–Crippen MR) is 63.0 cm³/mol. The maximum Gasteiger partial charge on any atom is 0.170 e. The second-order valence-corrected chi connectivity index (χ2v) is 4.36. The van der Waals surface area contributed by atoms with E-state index < -0.39 is 5.79 Å². The number of methoxy groups -OCH3 is 1. The molecule has 0 saturated carbocycles.